The summed E-state index contributed by atoms with van der Waals surface area (Å²) in [5, 5.41) is 8.99. The highest BCUT2D eigenvalue weighted by Gasteiger charge is 2.00. The second-order valence-corrected chi connectivity index (χ2v) is 1.97. The molecule has 1 atom stereocenters. The van der Waals surface area contributed by atoms with E-state index in [4.69, 9.17) is 9.84 Å². The lowest BCUT2D eigenvalue weighted by molar-refractivity contribution is 0.174. The maximum atomic E-state index is 8.99. The Bertz CT molecular complexity index is 95.1. The van der Waals surface area contributed by atoms with Crippen molar-refractivity contribution < 1.29 is 9.84 Å². The van der Waals surface area contributed by atoms with Crippen LogP contribution >= 0.6 is 0 Å². The zero-order valence-corrected chi connectivity index (χ0v) is 6.22. The molecule has 0 bridgehead atoms. The van der Waals surface area contributed by atoms with E-state index in [0.717, 1.165) is 5.57 Å². The van der Waals surface area contributed by atoms with Crippen molar-refractivity contribution in [2.45, 2.75) is 20.0 Å². The van der Waals surface area contributed by atoms with Gasteiger partial charge in [-0.3, -0.25) is 0 Å². The van der Waals surface area contributed by atoms with Crippen LogP contribution in [-0.4, -0.2) is 24.9 Å². The third-order valence-corrected chi connectivity index (χ3v) is 1.22. The number of aliphatic hydroxyl groups is 1. The number of ether oxygens (including phenoxy) is 1. The summed E-state index contributed by atoms with van der Waals surface area (Å²) in [5.41, 5.74) is 0.928. The maximum Gasteiger partial charge on any atom is 0.0744 e. The Hall–Kier alpha value is -0.340. The Morgan fingerprint density at radius 3 is 2.44 bits per heavy atom. The van der Waals surface area contributed by atoms with Crippen LogP contribution in [0, 0.1) is 0 Å². The number of hydrogen-bond donors (Lipinski definition) is 1. The SMILES string of the molecule is C/C=C(/COC)C(C)O. The molecule has 0 aromatic carbocycles. The molecule has 1 N–H and O–H groups in total. The second kappa shape index (κ2) is 4.53. The summed E-state index contributed by atoms with van der Waals surface area (Å²) in [6.45, 7) is 4.14. The monoisotopic (exact) mass is 130 g/mol. The highest BCUT2D eigenvalue weighted by atomic mass is 16.5. The molecule has 0 aromatic heterocycles. The zero-order valence-electron chi connectivity index (χ0n) is 6.22. The van der Waals surface area contributed by atoms with Gasteiger partial charge in [-0.2, -0.15) is 0 Å². The van der Waals surface area contributed by atoms with Gasteiger partial charge in [0.15, 0.2) is 0 Å². The highest BCUT2D eigenvalue weighted by molar-refractivity contribution is 5.05. The number of hydrogen-bond acceptors (Lipinski definition) is 2. The molecular weight excluding hydrogens is 116 g/mol. The summed E-state index contributed by atoms with van der Waals surface area (Å²) in [5.74, 6) is 0. The van der Waals surface area contributed by atoms with Crippen LogP contribution in [0.2, 0.25) is 0 Å². The van der Waals surface area contributed by atoms with Crippen molar-refractivity contribution in [2.75, 3.05) is 13.7 Å². The van der Waals surface area contributed by atoms with Crippen molar-refractivity contribution >= 4 is 0 Å². The summed E-state index contributed by atoms with van der Waals surface area (Å²) < 4.78 is 4.83. The largest absolute Gasteiger partial charge is 0.389 e. The van der Waals surface area contributed by atoms with Crippen LogP contribution in [0.4, 0.5) is 0 Å². The minimum atomic E-state index is -0.380. The lowest BCUT2D eigenvalue weighted by Crippen LogP contribution is -2.09. The van der Waals surface area contributed by atoms with E-state index in [1.807, 2.05) is 13.0 Å². The van der Waals surface area contributed by atoms with E-state index in [0.29, 0.717) is 6.61 Å². The normalized spacial score (nSPS) is 15.8. The molecule has 0 aliphatic rings. The Labute approximate surface area is 56.1 Å². The number of rotatable bonds is 3. The van der Waals surface area contributed by atoms with Crippen molar-refractivity contribution in [3.05, 3.63) is 11.6 Å². The van der Waals surface area contributed by atoms with Gasteiger partial charge < -0.3 is 9.84 Å². The first-order chi connectivity index (χ1) is 4.22. The third-order valence-electron chi connectivity index (χ3n) is 1.22. The zero-order chi connectivity index (χ0) is 7.28. The fraction of sp³-hybridized carbons (Fsp3) is 0.714. The van der Waals surface area contributed by atoms with Gasteiger partial charge >= 0.3 is 0 Å². The van der Waals surface area contributed by atoms with Crippen LogP contribution < -0.4 is 0 Å². The lowest BCUT2D eigenvalue weighted by Gasteiger charge is -2.07. The van der Waals surface area contributed by atoms with E-state index >= 15 is 0 Å². The summed E-state index contributed by atoms with van der Waals surface area (Å²) >= 11 is 0. The quantitative estimate of drug-likeness (QED) is 0.576. The van der Waals surface area contributed by atoms with E-state index in [2.05, 4.69) is 0 Å². The fourth-order valence-electron chi connectivity index (χ4n) is 0.612. The minimum absolute atomic E-state index is 0.380. The molecular formula is C7H14O2. The van der Waals surface area contributed by atoms with Gasteiger partial charge in [-0.15, -0.1) is 0 Å². The van der Waals surface area contributed by atoms with E-state index in [1.165, 1.54) is 0 Å². The van der Waals surface area contributed by atoms with Crippen LogP contribution in [0.3, 0.4) is 0 Å². The molecule has 2 heteroatoms. The van der Waals surface area contributed by atoms with Gasteiger partial charge in [0.2, 0.25) is 0 Å². The van der Waals surface area contributed by atoms with Gasteiger partial charge in [0.05, 0.1) is 12.7 Å². The van der Waals surface area contributed by atoms with Crippen molar-refractivity contribution in [1.82, 2.24) is 0 Å². The molecule has 0 fully saturated rings. The number of methoxy groups -OCH3 is 1. The van der Waals surface area contributed by atoms with Crippen LogP contribution in [0.1, 0.15) is 13.8 Å². The predicted octanol–water partition coefficient (Wildman–Crippen LogP) is 0.960. The molecule has 0 amide bonds. The Morgan fingerprint density at radius 2 is 2.33 bits per heavy atom. The van der Waals surface area contributed by atoms with Crippen LogP contribution in [0.15, 0.2) is 11.6 Å². The summed E-state index contributed by atoms with van der Waals surface area (Å²) in [6.07, 6.45) is 1.49. The standard InChI is InChI=1S/C7H14O2/c1-4-7(5-9-3)6(2)8/h4,6,8H,5H2,1-3H3/b7-4-. The molecule has 2 nitrogen and oxygen atoms in total. The molecule has 0 saturated carbocycles. The van der Waals surface area contributed by atoms with Crippen molar-refractivity contribution in [3.63, 3.8) is 0 Å². The number of allylic oxidation sites excluding steroid dienone is 1. The first kappa shape index (κ1) is 8.66. The molecule has 1 unspecified atom stereocenters. The topological polar surface area (TPSA) is 29.5 Å². The average molecular weight is 130 g/mol. The fourth-order valence-corrected chi connectivity index (χ4v) is 0.612. The Morgan fingerprint density at radius 1 is 1.78 bits per heavy atom. The van der Waals surface area contributed by atoms with Gasteiger partial charge in [-0.1, -0.05) is 6.08 Å². The lowest BCUT2D eigenvalue weighted by atomic mass is 10.2. The predicted molar refractivity (Wildman–Crippen MR) is 37.3 cm³/mol. The Kier molecular flexibility index (Phi) is 4.36. The molecule has 0 aromatic rings. The molecule has 0 radical (unpaired) electrons. The second-order valence-electron chi connectivity index (χ2n) is 1.97. The van der Waals surface area contributed by atoms with Crippen molar-refractivity contribution in [1.29, 1.82) is 0 Å². The average Bonchev–Trinajstić information content (AvgIpc) is 1.82. The van der Waals surface area contributed by atoms with E-state index in [9.17, 15) is 0 Å². The smallest absolute Gasteiger partial charge is 0.0744 e. The van der Waals surface area contributed by atoms with Crippen molar-refractivity contribution in [2.24, 2.45) is 0 Å². The molecule has 0 heterocycles. The van der Waals surface area contributed by atoms with Gasteiger partial charge in [-0.05, 0) is 19.4 Å². The van der Waals surface area contributed by atoms with E-state index in [-0.39, 0.29) is 6.10 Å². The molecule has 0 spiro atoms. The molecule has 0 aliphatic heterocycles. The molecule has 54 valence electrons. The molecule has 0 aliphatic carbocycles. The number of aliphatic hydroxyl groups excluding tert-OH is 1. The minimum Gasteiger partial charge on any atom is -0.389 e. The van der Waals surface area contributed by atoms with Crippen LogP contribution in [0.25, 0.3) is 0 Å². The van der Waals surface area contributed by atoms with Crippen molar-refractivity contribution in [3.8, 4) is 0 Å². The molecule has 0 saturated heterocycles. The van der Waals surface area contributed by atoms with E-state index in [1.54, 1.807) is 14.0 Å². The third kappa shape index (κ3) is 3.27. The first-order valence-corrected chi connectivity index (χ1v) is 3.04. The van der Waals surface area contributed by atoms with E-state index < -0.39 is 0 Å². The van der Waals surface area contributed by atoms with Gasteiger partial charge in [-0.25, -0.2) is 0 Å². The summed E-state index contributed by atoms with van der Waals surface area (Å²) in [4.78, 5) is 0. The maximum absolute atomic E-state index is 8.99. The van der Waals surface area contributed by atoms with Gasteiger partial charge in [0.25, 0.3) is 0 Å². The van der Waals surface area contributed by atoms with Crippen LogP contribution in [0.5, 0.6) is 0 Å². The molecule has 0 rings (SSSR count). The molecule has 9 heavy (non-hydrogen) atoms. The Balaban J connectivity index is 3.70. The first-order valence-electron chi connectivity index (χ1n) is 3.04. The van der Waals surface area contributed by atoms with Gasteiger partial charge in [0.1, 0.15) is 0 Å². The highest BCUT2D eigenvalue weighted by Crippen LogP contribution is 2.00. The van der Waals surface area contributed by atoms with Gasteiger partial charge in [0, 0.05) is 7.11 Å². The van der Waals surface area contributed by atoms with Crippen LogP contribution in [-0.2, 0) is 4.74 Å². The summed E-state index contributed by atoms with van der Waals surface area (Å²) in [6, 6.07) is 0. The summed E-state index contributed by atoms with van der Waals surface area (Å²) in [7, 11) is 1.62.